The van der Waals surface area contributed by atoms with Crippen molar-refractivity contribution >= 4 is 38.4 Å². The normalized spacial score (nSPS) is 24.9. The van der Waals surface area contributed by atoms with E-state index in [0.717, 1.165) is 39.8 Å². The van der Waals surface area contributed by atoms with Crippen molar-refractivity contribution in [3.63, 3.8) is 0 Å². The molecular formula is C20H18BrN3O. The van der Waals surface area contributed by atoms with Crippen LogP contribution in [-0.2, 0) is 16.8 Å². The number of carbonyl (C=O) groups excluding carboxylic acids is 1. The quantitative estimate of drug-likeness (QED) is 0.537. The number of anilines is 1. The van der Waals surface area contributed by atoms with Gasteiger partial charge in [-0.25, -0.2) is 0 Å². The fourth-order valence-corrected chi connectivity index (χ4v) is 4.68. The summed E-state index contributed by atoms with van der Waals surface area (Å²) in [6, 6.07) is 14.5. The van der Waals surface area contributed by atoms with Gasteiger partial charge in [0, 0.05) is 32.7 Å². The molecule has 126 valence electrons. The third kappa shape index (κ3) is 1.99. The van der Waals surface area contributed by atoms with Crippen molar-refractivity contribution in [1.29, 1.82) is 0 Å². The standard InChI is InChI=1S/C20H18BrN3O/c1-11-6-8-14-13-4-2-3-5-16(13)22-18(14)20(24-11)15-10-12(21)7-9-17(15)23-19(20)25/h2-5,7,9-11,22,24H,6,8H2,1H3,(H,23,25)/t11-,20+/m1/s1. The summed E-state index contributed by atoms with van der Waals surface area (Å²) in [5, 5.41) is 7.93. The lowest BCUT2D eigenvalue weighted by Crippen LogP contribution is -2.52. The number of hydrogen-bond donors (Lipinski definition) is 3. The zero-order chi connectivity index (χ0) is 17.2. The summed E-state index contributed by atoms with van der Waals surface area (Å²) in [4.78, 5) is 16.8. The van der Waals surface area contributed by atoms with Crippen molar-refractivity contribution < 1.29 is 4.79 Å². The molecule has 25 heavy (non-hydrogen) atoms. The van der Waals surface area contributed by atoms with Crippen molar-refractivity contribution in [2.45, 2.75) is 31.3 Å². The highest BCUT2D eigenvalue weighted by molar-refractivity contribution is 9.10. The van der Waals surface area contributed by atoms with Gasteiger partial charge >= 0.3 is 0 Å². The summed E-state index contributed by atoms with van der Waals surface area (Å²) >= 11 is 3.57. The second-order valence-electron chi connectivity index (χ2n) is 7.00. The van der Waals surface area contributed by atoms with E-state index in [2.05, 4.69) is 56.7 Å². The number of aromatic amines is 1. The number of halogens is 1. The molecule has 3 N–H and O–H groups in total. The van der Waals surface area contributed by atoms with E-state index in [9.17, 15) is 4.79 Å². The van der Waals surface area contributed by atoms with Gasteiger partial charge in [0.15, 0.2) is 5.54 Å². The predicted octanol–water partition coefficient (Wildman–Crippen LogP) is 4.05. The van der Waals surface area contributed by atoms with E-state index in [1.807, 2.05) is 24.3 Å². The SMILES string of the molecule is C[C@@H]1CCc2c([nH]c3ccccc23)[C@]2(N1)C(=O)Nc1ccc(Br)cc12. The molecule has 0 radical (unpaired) electrons. The van der Waals surface area contributed by atoms with Crippen molar-refractivity contribution in [2.75, 3.05) is 5.32 Å². The molecule has 1 amide bonds. The zero-order valence-electron chi connectivity index (χ0n) is 13.8. The molecule has 0 bridgehead atoms. The molecule has 3 heterocycles. The van der Waals surface area contributed by atoms with E-state index in [1.54, 1.807) is 0 Å². The van der Waals surface area contributed by atoms with E-state index in [4.69, 9.17) is 0 Å². The second-order valence-corrected chi connectivity index (χ2v) is 7.92. The maximum atomic E-state index is 13.2. The highest BCUT2D eigenvalue weighted by atomic mass is 79.9. The van der Waals surface area contributed by atoms with Gasteiger partial charge in [-0.1, -0.05) is 34.1 Å². The maximum Gasteiger partial charge on any atom is 0.255 e. The van der Waals surface area contributed by atoms with Crippen LogP contribution in [0.5, 0.6) is 0 Å². The Morgan fingerprint density at radius 3 is 2.92 bits per heavy atom. The van der Waals surface area contributed by atoms with Crippen LogP contribution in [0.25, 0.3) is 10.9 Å². The lowest BCUT2D eigenvalue weighted by Gasteiger charge is -2.30. The fraction of sp³-hybridized carbons (Fsp3) is 0.250. The molecule has 5 rings (SSSR count). The summed E-state index contributed by atoms with van der Waals surface area (Å²) in [6.45, 7) is 2.15. The molecule has 0 saturated carbocycles. The van der Waals surface area contributed by atoms with E-state index in [-0.39, 0.29) is 11.9 Å². The summed E-state index contributed by atoms with van der Waals surface area (Å²) in [6.07, 6.45) is 1.94. The third-order valence-corrected chi connectivity index (χ3v) is 5.95. The number of rotatable bonds is 0. The molecule has 0 fully saturated rings. The van der Waals surface area contributed by atoms with Gasteiger partial charge in [-0.2, -0.15) is 0 Å². The van der Waals surface area contributed by atoms with Gasteiger partial charge in [0.2, 0.25) is 0 Å². The predicted molar refractivity (Wildman–Crippen MR) is 103 cm³/mol. The zero-order valence-corrected chi connectivity index (χ0v) is 15.4. The number of nitrogens with one attached hydrogen (secondary N) is 3. The molecule has 0 aliphatic carbocycles. The molecule has 2 aromatic carbocycles. The van der Waals surface area contributed by atoms with Crippen molar-refractivity contribution in [1.82, 2.24) is 10.3 Å². The monoisotopic (exact) mass is 395 g/mol. The minimum atomic E-state index is -0.872. The Bertz CT molecular complexity index is 1020. The highest BCUT2D eigenvalue weighted by Crippen LogP contribution is 2.46. The Morgan fingerprint density at radius 1 is 1.20 bits per heavy atom. The van der Waals surface area contributed by atoms with Gasteiger partial charge in [-0.15, -0.1) is 0 Å². The molecule has 4 nitrogen and oxygen atoms in total. The van der Waals surface area contributed by atoms with Crippen molar-refractivity contribution in [3.8, 4) is 0 Å². The Balaban J connectivity index is 1.88. The molecule has 5 heteroatoms. The van der Waals surface area contributed by atoms with Crippen LogP contribution in [0.3, 0.4) is 0 Å². The molecule has 2 aliphatic heterocycles. The number of benzene rings is 2. The number of aromatic nitrogens is 1. The molecule has 3 aromatic rings. The highest BCUT2D eigenvalue weighted by Gasteiger charge is 2.52. The largest absolute Gasteiger partial charge is 0.356 e. The van der Waals surface area contributed by atoms with Gasteiger partial charge in [-0.05, 0) is 49.6 Å². The number of H-pyrrole nitrogens is 1. The summed E-state index contributed by atoms with van der Waals surface area (Å²) in [5.41, 5.74) is 4.29. The van der Waals surface area contributed by atoms with Crippen LogP contribution >= 0.6 is 15.9 Å². The number of fused-ring (bicyclic) bond motifs is 6. The van der Waals surface area contributed by atoms with Crippen LogP contribution in [-0.4, -0.2) is 16.9 Å². The first-order chi connectivity index (χ1) is 12.1. The molecule has 1 spiro atoms. The van der Waals surface area contributed by atoms with Gasteiger partial charge in [0.1, 0.15) is 0 Å². The average Bonchev–Trinajstić information content (AvgIpc) is 3.04. The molecule has 0 unspecified atom stereocenters. The van der Waals surface area contributed by atoms with E-state index in [0.29, 0.717) is 0 Å². The molecule has 0 saturated heterocycles. The number of amides is 1. The smallest absolute Gasteiger partial charge is 0.255 e. The van der Waals surface area contributed by atoms with Crippen LogP contribution in [0.1, 0.15) is 30.2 Å². The van der Waals surface area contributed by atoms with Crippen LogP contribution < -0.4 is 10.6 Å². The van der Waals surface area contributed by atoms with E-state index >= 15 is 0 Å². The van der Waals surface area contributed by atoms with E-state index < -0.39 is 5.54 Å². The summed E-state index contributed by atoms with van der Waals surface area (Å²) in [5.74, 6) is -0.0119. The number of hydrogen-bond acceptors (Lipinski definition) is 2. The van der Waals surface area contributed by atoms with Crippen LogP contribution in [0, 0.1) is 0 Å². The van der Waals surface area contributed by atoms with Crippen LogP contribution in [0.4, 0.5) is 5.69 Å². The first-order valence-electron chi connectivity index (χ1n) is 8.59. The first-order valence-corrected chi connectivity index (χ1v) is 9.38. The van der Waals surface area contributed by atoms with Gasteiger partial charge < -0.3 is 10.3 Å². The molecular weight excluding hydrogens is 378 g/mol. The lowest BCUT2D eigenvalue weighted by atomic mass is 9.85. The topological polar surface area (TPSA) is 56.9 Å². The number of carbonyl (C=O) groups is 1. The molecule has 2 atom stereocenters. The maximum absolute atomic E-state index is 13.2. The Labute approximate surface area is 154 Å². The van der Waals surface area contributed by atoms with E-state index in [1.165, 1.54) is 10.9 Å². The first kappa shape index (κ1) is 15.2. The number of para-hydroxylation sites is 1. The van der Waals surface area contributed by atoms with Crippen molar-refractivity contribution in [3.05, 3.63) is 63.8 Å². The summed E-state index contributed by atoms with van der Waals surface area (Å²) in [7, 11) is 0. The van der Waals surface area contributed by atoms with Crippen LogP contribution in [0.15, 0.2) is 46.9 Å². The summed E-state index contributed by atoms with van der Waals surface area (Å²) < 4.78 is 0.971. The van der Waals surface area contributed by atoms with Gasteiger partial charge in [0.05, 0.1) is 5.69 Å². The second kappa shape index (κ2) is 5.19. The molecule has 2 aliphatic rings. The fourth-order valence-electron chi connectivity index (χ4n) is 4.32. The lowest BCUT2D eigenvalue weighted by molar-refractivity contribution is -0.120. The minimum absolute atomic E-state index is 0.0119. The van der Waals surface area contributed by atoms with Crippen molar-refractivity contribution in [2.24, 2.45) is 0 Å². The average molecular weight is 396 g/mol. The molecule has 1 aromatic heterocycles. The van der Waals surface area contributed by atoms with Gasteiger partial charge in [-0.3, -0.25) is 10.1 Å². The number of aryl methyl sites for hydroxylation is 1. The van der Waals surface area contributed by atoms with Gasteiger partial charge in [0.25, 0.3) is 5.91 Å². The Kier molecular flexibility index (Phi) is 3.15. The Morgan fingerprint density at radius 2 is 2.04 bits per heavy atom. The third-order valence-electron chi connectivity index (χ3n) is 5.45. The Hall–Kier alpha value is -2.11. The van der Waals surface area contributed by atoms with Crippen LogP contribution in [0.2, 0.25) is 0 Å². The minimum Gasteiger partial charge on any atom is -0.356 e.